The fraction of sp³-hybridized carbons (Fsp3) is 0.247. The number of fused-ring (bicyclic) bond motifs is 16. The van der Waals surface area contributed by atoms with Gasteiger partial charge in [0.15, 0.2) is 0 Å². The van der Waals surface area contributed by atoms with Gasteiger partial charge in [0.25, 0.3) is 0 Å². The first-order valence-electron chi connectivity index (χ1n) is 33.5. The molecule has 4 aromatic carbocycles. The van der Waals surface area contributed by atoms with Crippen LogP contribution in [0.3, 0.4) is 0 Å². The number of ether oxygens (including phenoxy) is 2. The summed E-state index contributed by atoms with van der Waals surface area (Å²) in [6.07, 6.45) is 19.6. The Hall–Kier alpha value is -10.3. The molecule has 0 unspecified atom stereocenters. The van der Waals surface area contributed by atoms with Gasteiger partial charge < -0.3 is 29.4 Å². The molecule has 0 spiro atoms. The first-order valence-corrected chi connectivity index (χ1v) is 33.5. The molecule has 4 N–H and O–H groups in total. The minimum Gasteiger partial charge on any atom is -0.494 e. The molecule has 0 radical (unpaired) electrons. The smallest absolute Gasteiger partial charge is 0.119 e. The quantitative estimate of drug-likeness (QED) is 0.0901. The van der Waals surface area contributed by atoms with Crippen LogP contribution < -0.4 is 9.47 Å². The van der Waals surface area contributed by atoms with E-state index in [-0.39, 0.29) is 21.7 Å². The van der Waals surface area contributed by atoms with Crippen molar-refractivity contribution in [2.24, 2.45) is 0 Å². The zero-order valence-electron chi connectivity index (χ0n) is 56.8. The molecule has 4 aliphatic rings. The number of hydrogen-bond acceptors (Lipinski definition) is 6. The van der Waals surface area contributed by atoms with Gasteiger partial charge in [-0.2, -0.15) is 0 Å². The van der Waals surface area contributed by atoms with E-state index in [9.17, 15) is 0 Å². The molecule has 0 saturated heterocycles. The minimum absolute atomic E-state index is 0.0395. The normalized spacial score (nSPS) is 13.1. The minimum atomic E-state index is -0.0395. The molecule has 10 heterocycles. The second kappa shape index (κ2) is 24.5. The number of unbranched alkanes of at least 4 members (excludes halogenated alkanes) is 2. The van der Waals surface area contributed by atoms with Gasteiger partial charge in [0.05, 0.1) is 58.8 Å². The van der Waals surface area contributed by atoms with Crippen LogP contribution in [0.25, 0.3) is 137 Å². The largest absolute Gasteiger partial charge is 0.494 e. The van der Waals surface area contributed by atoms with Gasteiger partial charge in [-0.1, -0.05) is 144 Å². The number of hydrogen-bond donors (Lipinski definition) is 4. The van der Waals surface area contributed by atoms with Crippen LogP contribution in [-0.4, -0.2) is 53.1 Å². The number of rotatable bonds is 12. The van der Waals surface area contributed by atoms with Crippen molar-refractivity contribution in [3.8, 4) is 56.0 Å². The molecule has 14 rings (SSSR count). The molecule has 16 bridgehead atoms. The van der Waals surface area contributed by atoms with Crippen LogP contribution in [-0.2, 0) is 21.7 Å². The lowest BCUT2D eigenvalue weighted by Crippen LogP contribution is -2.16. The van der Waals surface area contributed by atoms with Crippen molar-refractivity contribution >= 4 is 92.7 Å². The molecule has 0 atom stereocenters. The molecule has 10 nitrogen and oxygen atoms in total. The summed E-state index contributed by atoms with van der Waals surface area (Å²) in [5, 5.41) is 0. The van der Waals surface area contributed by atoms with Crippen molar-refractivity contribution in [3.63, 3.8) is 0 Å². The van der Waals surface area contributed by atoms with E-state index in [4.69, 9.17) is 29.4 Å². The van der Waals surface area contributed by atoms with Crippen LogP contribution in [0.4, 0.5) is 0 Å². The lowest BCUT2D eigenvalue weighted by Gasteiger charge is -2.26. The summed E-state index contributed by atoms with van der Waals surface area (Å²) >= 11 is 0. The van der Waals surface area contributed by atoms with Gasteiger partial charge in [-0.3, -0.25) is 0 Å². The monoisotopic (exact) mass is 1250 g/mol. The van der Waals surface area contributed by atoms with Crippen molar-refractivity contribution in [1.29, 1.82) is 0 Å². The van der Waals surface area contributed by atoms with Crippen LogP contribution in [0.1, 0.15) is 170 Å². The second-order valence-electron chi connectivity index (χ2n) is 29.8. The molecule has 0 aliphatic carbocycles. The second-order valence-corrected chi connectivity index (χ2v) is 29.8. The fourth-order valence-corrected chi connectivity index (χ4v) is 12.9. The molecule has 0 amide bonds. The van der Waals surface area contributed by atoms with E-state index in [0.29, 0.717) is 13.2 Å². The van der Waals surface area contributed by atoms with Crippen LogP contribution in [0.15, 0.2) is 158 Å². The van der Waals surface area contributed by atoms with Crippen LogP contribution >= 0.6 is 0 Å². The molecule has 6 aromatic heterocycles. The third-order valence-electron chi connectivity index (χ3n) is 18.3. The highest BCUT2D eigenvalue weighted by Gasteiger charge is 2.26. The Morgan fingerprint density at radius 2 is 0.568 bits per heavy atom. The molecule has 95 heavy (non-hydrogen) atoms. The predicted octanol–water partition coefficient (Wildman–Crippen LogP) is 22.1. The number of aromatic amines is 4. The summed E-state index contributed by atoms with van der Waals surface area (Å²) in [5.41, 5.74) is 28.2. The topological polar surface area (TPSA) is 133 Å². The standard InChI is InChI=1S/C85H84N8O2/c1-82(2,3)56-40-54(41-57(46-56)83(4,5)6)80-74-34-26-64(90-74)48-60-22-30-70(86-60)78(71-31-23-61(87-71)49-65-27-35-75(80)91-65)52-18-16-20-68(44-52)94-38-14-13-15-39-95-69-21-17-19-53(45-69)79-72-32-24-62(88-72)50-66-28-36-76(92-66)81(77-37-29-67(93-77)51-63-25-33-73(79)89-63)55-42-58(84(7,8)9)47-59(43-55)85(10,11)12/h16-37,40-51,86,88,91,93H,13-15,38-39H2,1-12H3. The molecular formula is C85H84N8O2. The number of benzene rings is 4. The molecule has 476 valence electrons. The first-order chi connectivity index (χ1) is 45.5. The maximum Gasteiger partial charge on any atom is 0.119 e. The summed E-state index contributed by atoms with van der Waals surface area (Å²) in [4.78, 5) is 36.1. The molecule has 4 aliphatic heterocycles. The van der Waals surface area contributed by atoms with E-state index in [1.807, 2.05) is 12.1 Å². The SMILES string of the molecule is CC(C)(C)c1cc(-c2c3nc(cc4ccc([nH]4)c(-c4cccc(OCCCCCOc5cccc(-c6c7nc(cc8ccc([nH]8)c(-c8cc(C(C)(C)C)cc(C(C)(C)C)c8)c8nc(cc9ccc6[nH]9)C=C8)C=C7)c5)c4)c4nc(cc5ccc2[nH]5)C=C4)C=C3)cc(C(C)(C)C)c1. The Morgan fingerprint density at radius 3 is 0.853 bits per heavy atom. The van der Waals surface area contributed by atoms with E-state index >= 15 is 0 Å². The highest BCUT2D eigenvalue weighted by Crippen LogP contribution is 2.41. The Balaban J connectivity index is 0.683. The fourth-order valence-electron chi connectivity index (χ4n) is 12.9. The lowest BCUT2D eigenvalue weighted by molar-refractivity contribution is 0.279. The maximum absolute atomic E-state index is 6.50. The van der Waals surface area contributed by atoms with Gasteiger partial charge in [0.2, 0.25) is 0 Å². The number of H-pyrrole nitrogens is 4. The van der Waals surface area contributed by atoms with Gasteiger partial charge >= 0.3 is 0 Å². The average molecular weight is 1250 g/mol. The van der Waals surface area contributed by atoms with E-state index < -0.39 is 0 Å². The summed E-state index contributed by atoms with van der Waals surface area (Å²) in [6.45, 7) is 28.6. The van der Waals surface area contributed by atoms with Crippen LogP contribution in [0.2, 0.25) is 0 Å². The van der Waals surface area contributed by atoms with E-state index in [1.165, 1.54) is 22.3 Å². The van der Waals surface area contributed by atoms with Crippen LogP contribution in [0.5, 0.6) is 11.5 Å². The summed E-state index contributed by atoms with van der Waals surface area (Å²) in [7, 11) is 0. The van der Waals surface area contributed by atoms with Gasteiger partial charge in [-0.15, -0.1) is 0 Å². The lowest BCUT2D eigenvalue weighted by atomic mass is 9.78. The molecular weight excluding hydrogens is 1160 g/mol. The molecule has 0 fully saturated rings. The van der Waals surface area contributed by atoms with Gasteiger partial charge in [-0.05, 0) is 231 Å². The highest BCUT2D eigenvalue weighted by molar-refractivity contribution is 5.96. The summed E-state index contributed by atoms with van der Waals surface area (Å²) < 4.78 is 13.0. The van der Waals surface area contributed by atoms with E-state index in [2.05, 4.69) is 297 Å². The Kier molecular flexibility index (Phi) is 16.1. The molecule has 0 saturated carbocycles. The maximum atomic E-state index is 6.50. The predicted molar refractivity (Wildman–Crippen MR) is 399 cm³/mol. The summed E-state index contributed by atoms with van der Waals surface area (Å²) in [6, 6.07) is 56.4. The highest BCUT2D eigenvalue weighted by atomic mass is 16.5. The first kappa shape index (κ1) is 62.1. The third kappa shape index (κ3) is 13.5. The van der Waals surface area contributed by atoms with Crippen molar-refractivity contribution in [3.05, 3.63) is 226 Å². The average Bonchev–Trinajstić information content (AvgIpc) is 1.37. The molecule has 10 aromatic rings. The van der Waals surface area contributed by atoms with Crippen molar-refractivity contribution < 1.29 is 9.47 Å². The van der Waals surface area contributed by atoms with Crippen LogP contribution in [0, 0.1) is 0 Å². The number of nitrogens with one attached hydrogen (secondary N) is 4. The number of aromatic nitrogens is 8. The van der Waals surface area contributed by atoms with Crippen molar-refractivity contribution in [1.82, 2.24) is 39.9 Å². The summed E-state index contributed by atoms with van der Waals surface area (Å²) in [5.74, 6) is 1.62. The third-order valence-corrected chi connectivity index (χ3v) is 18.3. The van der Waals surface area contributed by atoms with E-state index in [1.54, 1.807) is 0 Å². The van der Waals surface area contributed by atoms with Gasteiger partial charge in [0, 0.05) is 66.4 Å². The zero-order chi connectivity index (χ0) is 66.0. The van der Waals surface area contributed by atoms with Gasteiger partial charge in [0.1, 0.15) is 11.5 Å². The Morgan fingerprint density at radius 1 is 0.284 bits per heavy atom. The van der Waals surface area contributed by atoms with E-state index in [0.717, 1.165) is 165 Å². The Bertz CT molecular complexity index is 4780. The number of nitrogens with zero attached hydrogens (tertiary/aromatic N) is 4. The van der Waals surface area contributed by atoms with Crippen molar-refractivity contribution in [2.45, 2.75) is 124 Å². The van der Waals surface area contributed by atoms with Crippen molar-refractivity contribution in [2.75, 3.05) is 13.2 Å². The van der Waals surface area contributed by atoms with Gasteiger partial charge in [-0.25, -0.2) is 19.9 Å². The Labute approximate surface area is 557 Å². The molecule has 10 heteroatoms. The zero-order valence-corrected chi connectivity index (χ0v) is 56.8.